The van der Waals surface area contributed by atoms with E-state index in [1.54, 1.807) is 19.0 Å². The van der Waals surface area contributed by atoms with Crippen LogP contribution in [0.4, 0.5) is 5.69 Å². The van der Waals surface area contributed by atoms with Crippen LogP contribution in [0.5, 0.6) is 0 Å². The van der Waals surface area contributed by atoms with Crippen LogP contribution in [0.3, 0.4) is 0 Å². The molecular formula is C22H29ClIN5O. The summed E-state index contributed by atoms with van der Waals surface area (Å²) in [6, 6.07) is 15.6. The van der Waals surface area contributed by atoms with Crippen molar-refractivity contribution in [1.29, 1.82) is 0 Å². The average molecular weight is 542 g/mol. The third-order valence-electron chi connectivity index (χ3n) is 5.05. The Morgan fingerprint density at radius 1 is 1.10 bits per heavy atom. The number of hydrogen-bond acceptors (Lipinski definition) is 3. The van der Waals surface area contributed by atoms with Crippen molar-refractivity contribution < 1.29 is 4.79 Å². The molecule has 6 nitrogen and oxygen atoms in total. The molecule has 0 saturated carbocycles. The number of nitrogens with zero attached hydrogens (tertiary/aromatic N) is 4. The van der Waals surface area contributed by atoms with Gasteiger partial charge in [0.25, 0.3) is 5.91 Å². The van der Waals surface area contributed by atoms with E-state index in [1.807, 2.05) is 48.5 Å². The van der Waals surface area contributed by atoms with Gasteiger partial charge >= 0.3 is 0 Å². The van der Waals surface area contributed by atoms with Crippen LogP contribution in [-0.2, 0) is 6.42 Å². The van der Waals surface area contributed by atoms with E-state index in [-0.39, 0.29) is 29.9 Å². The van der Waals surface area contributed by atoms with Gasteiger partial charge in [0.15, 0.2) is 5.96 Å². The summed E-state index contributed by atoms with van der Waals surface area (Å²) in [5.74, 6) is 0.592. The topological polar surface area (TPSA) is 65.2 Å². The molecule has 1 fully saturated rings. The van der Waals surface area contributed by atoms with Crippen molar-refractivity contribution in [1.82, 2.24) is 9.80 Å². The highest BCUT2D eigenvalue weighted by Crippen LogP contribution is 2.19. The molecule has 2 aromatic carbocycles. The number of carbonyl (C=O) groups is 1. The summed E-state index contributed by atoms with van der Waals surface area (Å²) in [6.45, 7) is 4.07. The number of amides is 1. The highest BCUT2D eigenvalue weighted by atomic mass is 127. The van der Waals surface area contributed by atoms with Crippen LogP contribution in [0.1, 0.15) is 15.9 Å². The molecule has 1 saturated heterocycles. The molecule has 30 heavy (non-hydrogen) atoms. The molecule has 0 bridgehead atoms. The molecule has 1 amide bonds. The normalized spacial score (nSPS) is 14.3. The van der Waals surface area contributed by atoms with Gasteiger partial charge in [0, 0.05) is 63.1 Å². The Bertz CT molecular complexity index is 864. The predicted molar refractivity (Wildman–Crippen MR) is 135 cm³/mol. The van der Waals surface area contributed by atoms with Gasteiger partial charge in [0.05, 0.1) is 0 Å². The third kappa shape index (κ3) is 6.50. The fourth-order valence-electron chi connectivity index (χ4n) is 3.36. The first-order valence-corrected chi connectivity index (χ1v) is 10.2. The number of piperazine rings is 1. The first-order valence-electron chi connectivity index (χ1n) is 9.80. The Balaban J connectivity index is 0.00000320. The van der Waals surface area contributed by atoms with Crippen LogP contribution in [0, 0.1) is 0 Å². The Kier molecular flexibility index (Phi) is 9.23. The molecule has 2 aromatic rings. The fraction of sp³-hybridized carbons (Fsp3) is 0.364. The average Bonchev–Trinajstić information content (AvgIpc) is 2.74. The van der Waals surface area contributed by atoms with Crippen molar-refractivity contribution >= 4 is 53.1 Å². The number of benzene rings is 2. The molecule has 0 unspecified atom stereocenters. The van der Waals surface area contributed by atoms with Crippen LogP contribution in [-0.4, -0.2) is 68.5 Å². The summed E-state index contributed by atoms with van der Waals surface area (Å²) < 4.78 is 0. The Labute approximate surface area is 200 Å². The predicted octanol–water partition coefficient (Wildman–Crippen LogP) is 3.34. The minimum atomic E-state index is 0. The van der Waals surface area contributed by atoms with Gasteiger partial charge in [0.1, 0.15) is 0 Å². The van der Waals surface area contributed by atoms with E-state index in [0.717, 1.165) is 43.2 Å². The van der Waals surface area contributed by atoms with E-state index in [0.29, 0.717) is 18.1 Å². The van der Waals surface area contributed by atoms with E-state index in [9.17, 15) is 4.79 Å². The van der Waals surface area contributed by atoms with Gasteiger partial charge in [-0.15, -0.1) is 24.0 Å². The zero-order valence-corrected chi connectivity index (χ0v) is 20.5. The number of carbonyl (C=O) groups excluding carboxylic acids is 1. The van der Waals surface area contributed by atoms with Crippen molar-refractivity contribution in [3.05, 3.63) is 64.7 Å². The molecular weight excluding hydrogens is 513 g/mol. The van der Waals surface area contributed by atoms with Gasteiger partial charge in [-0.2, -0.15) is 0 Å². The standard InChI is InChI=1S/C22H28ClN5O.HI/c1-26(2)21(29)18-5-3-4-17(16-18)10-11-25-22(24)28-14-12-27(13-15-28)20-8-6-19(23)7-9-20;/h3-9,16H,10-15H2,1-2H3,(H2,24,25);1H. The Morgan fingerprint density at radius 3 is 2.40 bits per heavy atom. The maximum Gasteiger partial charge on any atom is 0.253 e. The number of guanidine groups is 1. The molecule has 1 aliphatic rings. The molecule has 0 atom stereocenters. The zero-order valence-electron chi connectivity index (χ0n) is 17.4. The van der Waals surface area contributed by atoms with Crippen molar-refractivity contribution in [2.75, 3.05) is 51.7 Å². The van der Waals surface area contributed by atoms with Gasteiger partial charge < -0.3 is 20.4 Å². The van der Waals surface area contributed by atoms with Crippen molar-refractivity contribution in [2.24, 2.45) is 10.7 Å². The third-order valence-corrected chi connectivity index (χ3v) is 5.30. The highest BCUT2D eigenvalue weighted by Gasteiger charge is 2.18. The van der Waals surface area contributed by atoms with E-state index in [4.69, 9.17) is 17.3 Å². The number of nitrogens with two attached hydrogens (primary N) is 1. The van der Waals surface area contributed by atoms with Gasteiger partial charge in [-0.05, 0) is 48.4 Å². The van der Waals surface area contributed by atoms with Gasteiger partial charge in [-0.1, -0.05) is 23.7 Å². The number of rotatable bonds is 5. The molecule has 162 valence electrons. The molecule has 1 aliphatic heterocycles. The second kappa shape index (κ2) is 11.4. The minimum absolute atomic E-state index is 0. The molecule has 0 aliphatic carbocycles. The van der Waals surface area contributed by atoms with E-state index >= 15 is 0 Å². The Hall–Kier alpha value is -2.00. The molecule has 0 spiro atoms. The smallest absolute Gasteiger partial charge is 0.253 e. The largest absolute Gasteiger partial charge is 0.370 e. The summed E-state index contributed by atoms with van der Waals surface area (Å²) in [4.78, 5) is 22.7. The molecule has 0 radical (unpaired) electrons. The number of anilines is 1. The first-order chi connectivity index (χ1) is 13.9. The molecule has 3 rings (SSSR count). The van der Waals surface area contributed by atoms with E-state index < -0.39 is 0 Å². The summed E-state index contributed by atoms with van der Waals surface area (Å²) in [5, 5.41) is 0.750. The lowest BCUT2D eigenvalue weighted by atomic mass is 10.1. The highest BCUT2D eigenvalue weighted by molar-refractivity contribution is 14.0. The maximum atomic E-state index is 12.1. The summed E-state index contributed by atoms with van der Waals surface area (Å²) in [7, 11) is 3.51. The first kappa shape index (κ1) is 24.3. The number of halogens is 2. The van der Waals surface area contributed by atoms with E-state index in [1.165, 1.54) is 5.69 Å². The maximum absolute atomic E-state index is 12.1. The van der Waals surface area contributed by atoms with Crippen LogP contribution < -0.4 is 10.6 Å². The summed E-state index contributed by atoms with van der Waals surface area (Å²) in [5.41, 5.74) is 9.17. The van der Waals surface area contributed by atoms with Crippen LogP contribution >= 0.6 is 35.6 Å². The number of aliphatic imine (C=N–C) groups is 1. The van der Waals surface area contributed by atoms with Crippen molar-refractivity contribution in [3.8, 4) is 0 Å². The summed E-state index contributed by atoms with van der Waals surface area (Å²) >= 11 is 5.97. The Morgan fingerprint density at radius 2 is 1.77 bits per heavy atom. The quantitative estimate of drug-likeness (QED) is 0.358. The molecule has 2 N–H and O–H groups in total. The second-order valence-corrected chi connectivity index (χ2v) is 7.78. The molecule has 1 heterocycles. The van der Waals surface area contributed by atoms with Gasteiger partial charge in [-0.25, -0.2) is 0 Å². The van der Waals surface area contributed by atoms with Crippen LogP contribution in [0.25, 0.3) is 0 Å². The lowest BCUT2D eigenvalue weighted by Gasteiger charge is -2.36. The van der Waals surface area contributed by atoms with Gasteiger partial charge in [0.2, 0.25) is 0 Å². The van der Waals surface area contributed by atoms with Crippen LogP contribution in [0.2, 0.25) is 5.02 Å². The van der Waals surface area contributed by atoms with E-state index in [2.05, 4.69) is 14.8 Å². The van der Waals surface area contributed by atoms with Crippen LogP contribution in [0.15, 0.2) is 53.5 Å². The number of hydrogen-bond donors (Lipinski definition) is 1. The molecule has 0 aromatic heterocycles. The van der Waals surface area contributed by atoms with Gasteiger partial charge in [-0.3, -0.25) is 9.79 Å². The second-order valence-electron chi connectivity index (χ2n) is 7.34. The minimum Gasteiger partial charge on any atom is -0.370 e. The zero-order chi connectivity index (χ0) is 20.8. The molecule has 8 heteroatoms. The van der Waals surface area contributed by atoms with Crippen molar-refractivity contribution in [3.63, 3.8) is 0 Å². The summed E-state index contributed by atoms with van der Waals surface area (Å²) in [6.07, 6.45) is 0.750. The SMILES string of the molecule is CN(C)C(=O)c1cccc(CCN=C(N)N2CCN(c3ccc(Cl)cc3)CC2)c1.I. The van der Waals surface area contributed by atoms with Crippen molar-refractivity contribution in [2.45, 2.75) is 6.42 Å². The monoisotopic (exact) mass is 541 g/mol. The lowest BCUT2D eigenvalue weighted by Crippen LogP contribution is -2.51. The fourth-order valence-corrected chi connectivity index (χ4v) is 3.49. The lowest BCUT2D eigenvalue weighted by molar-refractivity contribution is 0.0827.